The van der Waals surface area contributed by atoms with E-state index in [9.17, 15) is 14.7 Å². The number of amides is 2. The summed E-state index contributed by atoms with van der Waals surface area (Å²) in [5.41, 5.74) is 0.633. The van der Waals surface area contributed by atoms with Crippen LogP contribution >= 0.6 is 11.6 Å². The standard InChI is InChI=1S/C19H25ClN2O3/c1-13(23)22-12-16(24)11-17(22)18(25)21-19(9-3-2-4-10-19)14-5-7-15(20)8-6-14/h5-8,16-17,24H,2-4,9-12H2,1H3,(H,21,25)/t16-,17-/m1/s1. The van der Waals surface area contributed by atoms with Crippen molar-refractivity contribution in [1.29, 1.82) is 0 Å². The molecule has 0 bridgehead atoms. The molecule has 25 heavy (non-hydrogen) atoms. The van der Waals surface area contributed by atoms with Crippen molar-refractivity contribution < 1.29 is 14.7 Å². The third kappa shape index (κ3) is 3.82. The van der Waals surface area contributed by atoms with Crippen molar-refractivity contribution >= 4 is 23.4 Å². The molecule has 5 nitrogen and oxygen atoms in total. The van der Waals surface area contributed by atoms with Crippen molar-refractivity contribution in [3.63, 3.8) is 0 Å². The number of carbonyl (C=O) groups excluding carboxylic acids is 2. The maximum absolute atomic E-state index is 13.0. The molecule has 1 saturated carbocycles. The third-order valence-corrected chi connectivity index (χ3v) is 5.70. The van der Waals surface area contributed by atoms with Gasteiger partial charge in [0.1, 0.15) is 6.04 Å². The average Bonchev–Trinajstić information content (AvgIpc) is 2.98. The van der Waals surface area contributed by atoms with Gasteiger partial charge in [0.15, 0.2) is 0 Å². The van der Waals surface area contributed by atoms with Crippen molar-refractivity contribution in [3.8, 4) is 0 Å². The molecular formula is C19H25ClN2O3. The SMILES string of the molecule is CC(=O)N1C[C@H](O)C[C@@H]1C(=O)NC1(c2ccc(Cl)cc2)CCCCC1. The molecule has 6 heteroatoms. The Bertz CT molecular complexity index is 641. The molecule has 1 aromatic carbocycles. The molecule has 2 atom stereocenters. The number of β-amino-alcohol motifs (C(OH)–C–C–N with tert-alkyl or cyclic N) is 1. The first kappa shape index (κ1) is 18.2. The summed E-state index contributed by atoms with van der Waals surface area (Å²) in [7, 11) is 0. The second-order valence-electron chi connectivity index (χ2n) is 7.22. The van der Waals surface area contributed by atoms with Gasteiger partial charge >= 0.3 is 0 Å². The van der Waals surface area contributed by atoms with Crippen molar-refractivity contribution in [1.82, 2.24) is 10.2 Å². The summed E-state index contributed by atoms with van der Waals surface area (Å²) in [4.78, 5) is 26.3. The molecule has 1 heterocycles. The summed E-state index contributed by atoms with van der Waals surface area (Å²) in [6.07, 6.45) is 4.65. The van der Waals surface area contributed by atoms with Gasteiger partial charge in [0, 0.05) is 24.9 Å². The van der Waals surface area contributed by atoms with Gasteiger partial charge < -0.3 is 15.3 Å². The van der Waals surface area contributed by atoms with Crippen LogP contribution in [0.4, 0.5) is 0 Å². The highest BCUT2D eigenvalue weighted by Gasteiger charge is 2.42. The van der Waals surface area contributed by atoms with Gasteiger partial charge in [0.05, 0.1) is 11.6 Å². The fourth-order valence-electron chi connectivity index (χ4n) is 4.14. The minimum Gasteiger partial charge on any atom is -0.391 e. The van der Waals surface area contributed by atoms with E-state index in [1.54, 1.807) is 0 Å². The van der Waals surface area contributed by atoms with Gasteiger partial charge in [-0.2, -0.15) is 0 Å². The van der Waals surface area contributed by atoms with Crippen LogP contribution in [-0.2, 0) is 15.1 Å². The van der Waals surface area contributed by atoms with E-state index in [2.05, 4.69) is 5.32 Å². The number of carbonyl (C=O) groups is 2. The summed E-state index contributed by atoms with van der Waals surface area (Å²) < 4.78 is 0. The quantitative estimate of drug-likeness (QED) is 0.866. The van der Waals surface area contributed by atoms with E-state index in [4.69, 9.17) is 11.6 Å². The first-order valence-corrected chi connectivity index (χ1v) is 9.32. The molecule has 1 aliphatic heterocycles. The lowest BCUT2D eigenvalue weighted by molar-refractivity contribution is -0.138. The monoisotopic (exact) mass is 364 g/mol. The summed E-state index contributed by atoms with van der Waals surface area (Å²) in [5.74, 6) is -0.357. The lowest BCUT2D eigenvalue weighted by Gasteiger charge is -2.40. The molecule has 2 fully saturated rings. The van der Waals surface area contributed by atoms with Crippen molar-refractivity contribution in [2.24, 2.45) is 0 Å². The lowest BCUT2D eigenvalue weighted by Crippen LogP contribution is -2.53. The third-order valence-electron chi connectivity index (χ3n) is 5.45. The highest BCUT2D eigenvalue weighted by Crippen LogP contribution is 2.38. The number of likely N-dealkylation sites (tertiary alicyclic amines) is 1. The minimum atomic E-state index is -0.641. The first-order valence-electron chi connectivity index (χ1n) is 8.95. The predicted octanol–water partition coefficient (Wildman–Crippen LogP) is 2.60. The fourth-order valence-corrected chi connectivity index (χ4v) is 4.27. The van der Waals surface area contributed by atoms with E-state index < -0.39 is 17.7 Å². The van der Waals surface area contributed by atoms with Gasteiger partial charge in [-0.05, 0) is 30.5 Å². The molecule has 1 aromatic rings. The topological polar surface area (TPSA) is 69.6 Å². The number of rotatable bonds is 3. The van der Waals surface area contributed by atoms with Gasteiger partial charge in [-0.1, -0.05) is 43.0 Å². The van der Waals surface area contributed by atoms with Crippen LogP contribution in [-0.4, -0.2) is 40.5 Å². The number of nitrogens with zero attached hydrogens (tertiary/aromatic N) is 1. The predicted molar refractivity (Wildman–Crippen MR) is 96.2 cm³/mol. The van der Waals surface area contributed by atoms with Crippen LogP contribution in [0.1, 0.15) is 51.0 Å². The largest absolute Gasteiger partial charge is 0.391 e. The van der Waals surface area contributed by atoms with Crippen LogP contribution in [0.5, 0.6) is 0 Å². The average molecular weight is 365 g/mol. The number of hydrogen-bond donors (Lipinski definition) is 2. The summed E-state index contributed by atoms with van der Waals surface area (Å²) >= 11 is 6.02. The fraction of sp³-hybridized carbons (Fsp3) is 0.579. The van der Waals surface area contributed by atoms with Crippen LogP contribution in [0.2, 0.25) is 5.02 Å². The molecule has 0 radical (unpaired) electrons. The Morgan fingerprint density at radius 1 is 1.20 bits per heavy atom. The Kier molecular flexibility index (Phi) is 5.35. The molecule has 0 spiro atoms. The zero-order chi connectivity index (χ0) is 18.0. The number of hydrogen-bond acceptors (Lipinski definition) is 3. The molecule has 2 N–H and O–H groups in total. The van der Waals surface area contributed by atoms with Crippen molar-refractivity contribution in [3.05, 3.63) is 34.9 Å². The Morgan fingerprint density at radius 2 is 1.84 bits per heavy atom. The molecule has 0 unspecified atom stereocenters. The number of halogens is 1. The van der Waals surface area contributed by atoms with Crippen molar-refractivity contribution in [2.45, 2.75) is 63.1 Å². The van der Waals surface area contributed by atoms with Gasteiger partial charge in [-0.3, -0.25) is 9.59 Å². The second-order valence-corrected chi connectivity index (χ2v) is 7.65. The van der Waals surface area contributed by atoms with E-state index in [-0.39, 0.29) is 18.4 Å². The van der Waals surface area contributed by atoms with E-state index in [1.165, 1.54) is 11.8 Å². The molecular weight excluding hydrogens is 340 g/mol. The second kappa shape index (κ2) is 7.34. The molecule has 1 saturated heterocycles. The molecule has 3 rings (SSSR count). The highest BCUT2D eigenvalue weighted by atomic mass is 35.5. The number of aliphatic hydroxyl groups is 1. The molecule has 0 aromatic heterocycles. The number of benzene rings is 1. The summed E-state index contributed by atoms with van der Waals surface area (Å²) in [6, 6.07) is 7.04. The molecule has 136 valence electrons. The maximum Gasteiger partial charge on any atom is 0.243 e. The molecule has 2 aliphatic rings. The van der Waals surface area contributed by atoms with Crippen LogP contribution in [0.3, 0.4) is 0 Å². The van der Waals surface area contributed by atoms with Crippen LogP contribution in [0, 0.1) is 0 Å². The molecule has 2 amide bonds. The van der Waals surface area contributed by atoms with Gasteiger partial charge in [0.25, 0.3) is 0 Å². The van der Waals surface area contributed by atoms with Crippen LogP contribution in [0.25, 0.3) is 0 Å². The van der Waals surface area contributed by atoms with E-state index in [1.807, 2.05) is 24.3 Å². The Balaban J connectivity index is 1.84. The summed E-state index contributed by atoms with van der Waals surface area (Å²) in [6.45, 7) is 1.66. The van der Waals surface area contributed by atoms with Crippen LogP contribution in [0.15, 0.2) is 24.3 Å². The minimum absolute atomic E-state index is 0.177. The highest BCUT2D eigenvalue weighted by molar-refractivity contribution is 6.30. The zero-order valence-electron chi connectivity index (χ0n) is 14.5. The Labute approximate surface area is 153 Å². The number of aliphatic hydroxyl groups excluding tert-OH is 1. The molecule has 1 aliphatic carbocycles. The lowest BCUT2D eigenvalue weighted by atomic mass is 9.76. The van der Waals surface area contributed by atoms with Crippen molar-refractivity contribution in [2.75, 3.05) is 6.54 Å². The van der Waals surface area contributed by atoms with E-state index in [0.29, 0.717) is 11.4 Å². The van der Waals surface area contributed by atoms with Gasteiger partial charge in [0.2, 0.25) is 11.8 Å². The maximum atomic E-state index is 13.0. The van der Waals surface area contributed by atoms with Gasteiger partial charge in [-0.15, -0.1) is 0 Å². The Morgan fingerprint density at radius 3 is 2.44 bits per heavy atom. The van der Waals surface area contributed by atoms with Gasteiger partial charge in [-0.25, -0.2) is 0 Å². The van der Waals surface area contributed by atoms with Crippen LogP contribution < -0.4 is 5.32 Å². The van der Waals surface area contributed by atoms with E-state index in [0.717, 1.165) is 37.7 Å². The summed E-state index contributed by atoms with van der Waals surface area (Å²) in [5, 5.41) is 13.8. The van der Waals surface area contributed by atoms with E-state index >= 15 is 0 Å². The zero-order valence-corrected chi connectivity index (χ0v) is 15.3. The number of nitrogens with one attached hydrogen (secondary N) is 1. The smallest absolute Gasteiger partial charge is 0.243 e. The Hall–Kier alpha value is -1.59. The normalized spacial score (nSPS) is 25.6. The first-order chi connectivity index (χ1) is 11.9.